The minimum absolute atomic E-state index is 0.0699. The fourth-order valence-electron chi connectivity index (χ4n) is 1.99. The average Bonchev–Trinajstić information content (AvgIpc) is 2.45. The number of benzene rings is 1. The lowest BCUT2D eigenvalue weighted by Gasteiger charge is -2.18. The second-order valence-electron chi connectivity index (χ2n) is 4.46. The number of hydrogen-bond donors (Lipinski definition) is 1. The number of nitrogens with one attached hydrogen (secondary N) is 1. The summed E-state index contributed by atoms with van der Waals surface area (Å²) in [6, 6.07) is 8.87. The second-order valence-corrected chi connectivity index (χ2v) is 4.46. The Balaban J connectivity index is 1.93. The maximum Gasteiger partial charge on any atom is 0.574 e. The molecule has 8 heteroatoms. The van der Waals surface area contributed by atoms with Crippen molar-refractivity contribution in [2.75, 3.05) is 11.9 Å². The zero-order valence-corrected chi connectivity index (χ0v) is 11.0. The molecule has 1 N–H and O–H groups in total. The minimum atomic E-state index is -4.80. The van der Waals surface area contributed by atoms with Crippen molar-refractivity contribution in [1.82, 2.24) is 4.98 Å². The van der Waals surface area contributed by atoms with Crippen LogP contribution in [-0.4, -0.2) is 23.9 Å². The standard InChI is InChI=1S/C14H9F3N2O3/c15-14(16,17)22-13-3-1-2-9(19-13)8-4-5-11-10(6-8)18-12(20)7-21-11/h1-6H,7H2,(H,18,20). The summed E-state index contributed by atoms with van der Waals surface area (Å²) < 4.78 is 45.7. The quantitative estimate of drug-likeness (QED) is 0.926. The summed E-state index contributed by atoms with van der Waals surface area (Å²) in [6.07, 6.45) is -4.80. The van der Waals surface area contributed by atoms with E-state index in [-0.39, 0.29) is 18.2 Å². The number of rotatable bonds is 2. The SMILES string of the molecule is O=C1COc2ccc(-c3cccc(OC(F)(F)F)n3)cc2N1. The Morgan fingerprint density at radius 2 is 2.05 bits per heavy atom. The molecule has 114 valence electrons. The van der Waals surface area contributed by atoms with E-state index in [0.29, 0.717) is 17.0 Å². The van der Waals surface area contributed by atoms with Crippen molar-refractivity contribution in [1.29, 1.82) is 0 Å². The number of pyridine rings is 1. The zero-order valence-electron chi connectivity index (χ0n) is 11.0. The third kappa shape index (κ3) is 3.11. The van der Waals surface area contributed by atoms with Gasteiger partial charge in [-0.2, -0.15) is 0 Å². The van der Waals surface area contributed by atoms with Crippen LogP contribution in [0.3, 0.4) is 0 Å². The molecule has 0 spiro atoms. The summed E-state index contributed by atoms with van der Waals surface area (Å²) in [7, 11) is 0. The van der Waals surface area contributed by atoms with E-state index in [4.69, 9.17) is 4.74 Å². The van der Waals surface area contributed by atoms with Gasteiger partial charge in [0.05, 0.1) is 11.4 Å². The lowest BCUT2D eigenvalue weighted by molar-refractivity contribution is -0.276. The number of carbonyl (C=O) groups excluding carboxylic acids is 1. The summed E-state index contributed by atoms with van der Waals surface area (Å²) in [4.78, 5) is 15.1. The second kappa shape index (κ2) is 5.21. The molecule has 0 saturated carbocycles. The van der Waals surface area contributed by atoms with E-state index >= 15 is 0 Å². The van der Waals surface area contributed by atoms with Gasteiger partial charge in [0.15, 0.2) is 6.61 Å². The minimum Gasteiger partial charge on any atom is -0.482 e. The molecule has 22 heavy (non-hydrogen) atoms. The van der Waals surface area contributed by atoms with Crippen molar-refractivity contribution in [3.8, 4) is 22.9 Å². The van der Waals surface area contributed by atoms with Gasteiger partial charge in [-0.1, -0.05) is 6.07 Å². The highest BCUT2D eigenvalue weighted by molar-refractivity contribution is 5.96. The monoisotopic (exact) mass is 310 g/mol. The molecule has 3 rings (SSSR count). The Morgan fingerprint density at radius 3 is 2.82 bits per heavy atom. The molecule has 0 radical (unpaired) electrons. The van der Waals surface area contributed by atoms with Gasteiger partial charge in [0.1, 0.15) is 5.75 Å². The van der Waals surface area contributed by atoms with Crippen LogP contribution in [0.15, 0.2) is 36.4 Å². The summed E-state index contributed by atoms with van der Waals surface area (Å²) >= 11 is 0. The molecule has 0 bridgehead atoms. The van der Waals surface area contributed by atoms with E-state index in [2.05, 4.69) is 15.0 Å². The van der Waals surface area contributed by atoms with Crippen LogP contribution in [0, 0.1) is 0 Å². The first-order chi connectivity index (χ1) is 10.4. The summed E-state index contributed by atoms with van der Waals surface area (Å²) in [5, 5.41) is 2.62. The van der Waals surface area contributed by atoms with Crippen molar-refractivity contribution in [2.24, 2.45) is 0 Å². The number of anilines is 1. The molecule has 0 fully saturated rings. The molecule has 2 heterocycles. The van der Waals surface area contributed by atoms with Crippen LogP contribution in [0.2, 0.25) is 0 Å². The predicted octanol–water partition coefficient (Wildman–Crippen LogP) is 2.98. The first-order valence-electron chi connectivity index (χ1n) is 6.20. The van der Waals surface area contributed by atoms with Crippen molar-refractivity contribution in [3.05, 3.63) is 36.4 Å². The molecule has 1 aromatic heterocycles. The number of carbonyl (C=O) groups is 1. The van der Waals surface area contributed by atoms with Crippen molar-refractivity contribution < 1.29 is 27.4 Å². The van der Waals surface area contributed by atoms with Crippen LogP contribution in [0.4, 0.5) is 18.9 Å². The van der Waals surface area contributed by atoms with E-state index in [9.17, 15) is 18.0 Å². The Labute approximate surface area is 122 Å². The van der Waals surface area contributed by atoms with E-state index in [1.54, 1.807) is 18.2 Å². The van der Waals surface area contributed by atoms with Gasteiger partial charge in [-0.05, 0) is 24.3 Å². The molecule has 2 aromatic rings. The first kappa shape index (κ1) is 14.2. The maximum atomic E-state index is 12.2. The molecule has 1 amide bonds. The molecule has 0 unspecified atom stereocenters. The normalized spacial score (nSPS) is 13.9. The van der Waals surface area contributed by atoms with Crippen molar-refractivity contribution in [2.45, 2.75) is 6.36 Å². The lowest BCUT2D eigenvalue weighted by Crippen LogP contribution is -2.25. The van der Waals surface area contributed by atoms with Crippen molar-refractivity contribution >= 4 is 11.6 Å². The zero-order chi connectivity index (χ0) is 15.7. The average molecular weight is 310 g/mol. The van der Waals surface area contributed by atoms with Gasteiger partial charge in [-0.15, -0.1) is 13.2 Å². The summed E-state index contributed by atoms with van der Waals surface area (Å²) in [5.74, 6) is -0.360. The van der Waals surface area contributed by atoms with Gasteiger partial charge < -0.3 is 14.8 Å². The molecule has 1 aromatic carbocycles. The van der Waals surface area contributed by atoms with Gasteiger partial charge in [0, 0.05) is 11.6 Å². The molecular formula is C14H9F3N2O3. The summed E-state index contributed by atoms with van der Waals surface area (Å²) in [6.45, 7) is -0.0699. The third-order valence-electron chi connectivity index (χ3n) is 2.85. The van der Waals surface area contributed by atoms with Gasteiger partial charge >= 0.3 is 6.36 Å². The van der Waals surface area contributed by atoms with Crippen LogP contribution in [0.1, 0.15) is 0 Å². The molecule has 1 aliphatic rings. The topological polar surface area (TPSA) is 60.5 Å². The van der Waals surface area contributed by atoms with E-state index < -0.39 is 12.2 Å². The number of hydrogen-bond acceptors (Lipinski definition) is 4. The lowest BCUT2D eigenvalue weighted by atomic mass is 10.1. The molecule has 5 nitrogen and oxygen atoms in total. The smallest absolute Gasteiger partial charge is 0.482 e. The Kier molecular flexibility index (Phi) is 3.36. The first-order valence-corrected chi connectivity index (χ1v) is 6.20. The van der Waals surface area contributed by atoms with E-state index in [0.717, 1.165) is 6.07 Å². The fraction of sp³-hybridized carbons (Fsp3) is 0.143. The highest BCUT2D eigenvalue weighted by Crippen LogP contribution is 2.32. The number of halogens is 3. The molecule has 0 atom stereocenters. The van der Waals surface area contributed by atoms with Gasteiger partial charge in [-0.3, -0.25) is 4.79 Å². The number of fused-ring (bicyclic) bond motifs is 1. The highest BCUT2D eigenvalue weighted by atomic mass is 19.4. The molecule has 0 aliphatic carbocycles. The largest absolute Gasteiger partial charge is 0.574 e. The van der Waals surface area contributed by atoms with E-state index in [1.165, 1.54) is 12.1 Å². The summed E-state index contributed by atoms with van der Waals surface area (Å²) in [5.41, 5.74) is 1.25. The van der Waals surface area contributed by atoms with Gasteiger partial charge in [0.2, 0.25) is 5.88 Å². The van der Waals surface area contributed by atoms with Crippen molar-refractivity contribution in [3.63, 3.8) is 0 Å². The number of nitrogens with zero attached hydrogens (tertiary/aromatic N) is 1. The Hall–Kier alpha value is -2.77. The maximum absolute atomic E-state index is 12.2. The molecule has 0 saturated heterocycles. The molecular weight excluding hydrogens is 301 g/mol. The third-order valence-corrected chi connectivity index (χ3v) is 2.85. The number of amides is 1. The van der Waals surface area contributed by atoms with Crippen LogP contribution < -0.4 is 14.8 Å². The Bertz CT molecular complexity index is 732. The fourth-order valence-corrected chi connectivity index (χ4v) is 1.99. The van der Waals surface area contributed by atoms with Gasteiger partial charge in [0.25, 0.3) is 5.91 Å². The Morgan fingerprint density at radius 1 is 1.23 bits per heavy atom. The van der Waals surface area contributed by atoms with Gasteiger partial charge in [-0.25, -0.2) is 4.98 Å². The highest BCUT2D eigenvalue weighted by Gasteiger charge is 2.31. The number of alkyl halides is 3. The van der Waals surface area contributed by atoms with Crippen LogP contribution in [0.5, 0.6) is 11.6 Å². The predicted molar refractivity (Wildman–Crippen MR) is 70.5 cm³/mol. The van der Waals surface area contributed by atoms with Crippen LogP contribution >= 0.6 is 0 Å². The van der Waals surface area contributed by atoms with Crippen LogP contribution in [0.25, 0.3) is 11.3 Å². The number of aromatic nitrogens is 1. The number of ether oxygens (including phenoxy) is 2. The molecule has 1 aliphatic heterocycles. The van der Waals surface area contributed by atoms with E-state index in [1.807, 2.05) is 0 Å². The van der Waals surface area contributed by atoms with Crippen LogP contribution in [-0.2, 0) is 4.79 Å².